The first-order valence-corrected chi connectivity index (χ1v) is 4.20. The van der Waals surface area contributed by atoms with E-state index in [9.17, 15) is 4.39 Å². The topological polar surface area (TPSA) is 12.0 Å². The summed E-state index contributed by atoms with van der Waals surface area (Å²) in [6, 6.07) is 0. The molecule has 1 saturated heterocycles. The third-order valence-corrected chi connectivity index (χ3v) is 2.20. The zero-order chi connectivity index (χ0) is 7.23. The van der Waals surface area contributed by atoms with E-state index in [2.05, 4.69) is 5.32 Å². The molecule has 0 aromatic heterocycles. The summed E-state index contributed by atoms with van der Waals surface area (Å²) in [5.41, 5.74) is 0. The van der Waals surface area contributed by atoms with Crippen LogP contribution in [0.15, 0.2) is 0 Å². The lowest BCUT2D eigenvalue weighted by atomic mass is 9.93. The molecule has 0 aromatic carbocycles. The maximum atomic E-state index is 11.7. The molecule has 0 bridgehead atoms. The molecule has 1 aliphatic heterocycles. The van der Waals surface area contributed by atoms with Gasteiger partial charge in [-0.2, -0.15) is 0 Å². The van der Waals surface area contributed by atoms with Crippen LogP contribution >= 0.6 is 0 Å². The average molecular weight is 145 g/mol. The van der Waals surface area contributed by atoms with Crippen LogP contribution in [0.2, 0.25) is 0 Å². The SMILES string of the molecule is FCCCC1CCNCC1. The number of halogens is 1. The molecule has 0 amide bonds. The number of hydrogen-bond acceptors (Lipinski definition) is 1. The molecule has 2 heteroatoms. The van der Waals surface area contributed by atoms with Crippen LogP contribution in [0, 0.1) is 5.92 Å². The maximum Gasteiger partial charge on any atom is 0.0894 e. The van der Waals surface area contributed by atoms with E-state index in [0.29, 0.717) is 0 Å². The molecule has 0 radical (unpaired) electrons. The van der Waals surface area contributed by atoms with Crippen LogP contribution in [0.25, 0.3) is 0 Å². The second kappa shape index (κ2) is 4.67. The van der Waals surface area contributed by atoms with E-state index in [1.165, 1.54) is 12.8 Å². The molecule has 0 saturated carbocycles. The Hall–Kier alpha value is -0.110. The number of alkyl halides is 1. The Labute approximate surface area is 62.0 Å². The van der Waals surface area contributed by atoms with Crippen molar-refractivity contribution in [2.75, 3.05) is 19.8 Å². The van der Waals surface area contributed by atoms with E-state index in [1.54, 1.807) is 0 Å². The number of piperidine rings is 1. The van der Waals surface area contributed by atoms with Crippen molar-refractivity contribution in [3.05, 3.63) is 0 Å². The zero-order valence-corrected chi connectivity index (χ0v) is 6.41. The Kier molecular flexibility index (Phi) is 3.73. The number of rotatable bonds is 3. The molecule has 1 aliphatic rings. The maximum absolute atomic E-state index is 11.7. The van der Waals surface area contributed by atoms with Gasteiger partial charge in [-0.25, -0.2) is 0 Å². The summed E-state index contributed by atoms with van der Waals surface area (Å²) in [6.07, 6.45) is 4.36. The molecular weight excluding hydrogens is 129 g/mol. The van der Waals surface area contributed by atoms with Crippen LogP contribution in [-0.4, -0.2) is 19.8 Å². The van der Waals surface area contributed by atoms with Crippen LogP contribution in [0.4, 0.5) is 4.39 Å². The molecule has 0 unspecified atom stereocenters. The highest BCUT2D eigenvalue weighted by atomic mass is 19.1. The Bertz CT molecular complexity index is 79.3. The van der Waals surface area contributed by atoms with Gasteiger partial charge in [0.25, 0.3) is 0 Å². The van der Waals surface area contributed by atoms with E-state index in [4.69, 9.17) is 0 Å². The van der Waals surface area contributed by atoms with Gasteiger partial charge >= 0.3 is 0 Å². The molecule has 10 heavy (non-hydrogen) atoms. The fourth-order valence-electron chi connectivity index (χ4n) is 1.54. The smallest absolute Gasteiger partial charge is 0.0894 e. The summed E-state index contributed by atoms with van der Waals surface area (Å²) in [5.74, 6) is 0.803. The van der Waals surface area contributed by atoms with Crippen LogP contribution < -0.4 is 5.32 Å². The van der Waals surface area contributed by atoms with Gasteiger partial charge in [0, 0.05) is 0 Å². The van der Waals surface area contributed by atoms with Gasteiger partial charge in [-0.1, -0.05) is 0 Å². The van der Waals surface area contributed by atoms with Gasteiger partial charge in [0.2, 0.25) is 0 Å². The third-order valence-electron chi connectivity index (χ3n) is 2.20. The van der Waals surface area contributed by atoms with E-state index in [0.717, 1.165) is 31.8 Å². The summed E-state index contributed by atoms with van der Waals surface area (Å²) in [7, 11) is 0. The lowest BCUT2D eigenvalue weighted by molar-refractivity contribution is 0.328. The second-order valence-electron chi connectivity index (χ2n) is 3.02. The number of hydrogen-bond donors (Lipinski definition) is 1. The Morgan fingerprint density at radius 2 is 2.00 bits per heavy atom. The first-order valence-electron chi connectivity index (χ1n) is 4.20. The minimum Gasteiger partial charge on any atom is -0.317 e. The Morgan fingerprint density at radius 1 is 1.30 bits per heavy atom. The van der Waals surface area contributed by atoms with Crippen LogP contribution in [0.5, 0.6) is 0 Å². The highest BCUT2D eigenvalue weighted by Gasteiger charge is 2.11. The molecular formula is C8H16FN. The average Bonchev–Trinajstić information content (AvgIpc) is 2.03. The van der Waals surface area contributed by atoms with Crippen molar-refractivity contribution >= 4 is 0 Å². The largest absolute Gasteiger partial charge is 0.317 e. The van der Waals surface area contributed by atoms with Crippen molar-refractivity contribution in [2.45, 2.75) is 25.7 Å². The molecule has 1 rings (SSSR count). The van der Waals surface area contributed by atoms with Gasteiger partial charge in [-0.15, -0.1) is 0 Å². The molecule has 1 heterocycles. The molecule has 0 aliphatic carbocycles. The van der Waals surface area contributed by atoms with E-state index < -0.39 is 0 Å². The quantitative estimate of drug-likeness (QED) is 0.637. The van der Waals surface area contributed by atoms with Crippen LogP contribution in [-0.2, 0) is 0 Å². The minimum absolute atomic E-state index is 0.135. The summed E-state index contributed by atoms with van der Waals surface area (Å²) >= 11 is 0. The van der Waals surface area contributed by atoms with Crippen LogP contribution in [0.1, 0.15) is 25.7 Å². The fourth-order valence-corrected chi connectivity index (χ4v) is 1.54. The van der Waals surface area contributed by atoms with Crippen molar-refractivity contribution in [3.8, 4) is 0 Å². The Balaban J connectivity index is 2.02. The third kappa shape index (κ3) is 2.65. The van der Waals surface area contributed by atoms with Crippen molar-refractivity contribution in [3.63, 3.8) is 0 Å². The summed E-state index contributed by atoms with van der Waals surface area (Å²) in [6.45, 7) is 2.14. The summed E-state index contributed by atoms with van der Waals surface area (Å²) in [5, 5.41) is 3.30. The molecule has 60 valence electrons. The monoisotopic (exact) mass is 145 g/mol. The highest BCUT2D eigenvalue weighted by molar-refractivity contribution is 4.67. The van der Waals surface area contributed by atoms with Gasteiger partial charge in [-0.05, 0) is 44.7 Å². The van der Waals surface area contributed by atoms with Crippen molar-refractivity contribution in [1.82, 2.24) is 5.32 Å². The molecule has 1 nitrogen and oxygen atoms in total. The van der Waals surface area contributed by atoms with Gasteiger partial charge in [0.05, 0.1) is 6.67 Å². The Morgan fingerprint density at radius 3 is 2.60 bits per heavy atom. The molecule has 1 N–H and O–H groups in total. The first-order chi connectivity index (χ1) is 4.93. The predicted molar refractivity (Wildman–Crippen MR) is 40.8 cm³/mol. The lowest BCUT2D eigenvalue weighted by Crippen LogP contribution is -2.27. The van der Waals surface area contributed by atoms with Gasteiger partial charge in [0.1, 0.15) is 0 Å². The standard InChI is InChI=1S/C8H16FN/c9-5-1-2-8-3-6-10-7-4-8/h8,10H,1-7H2. The number of nitrogens with one attached hydrogen (secondary N) is 1. The predicted octanol–water partition coefficient (Wildman–Crippen LogP) is 1.74. The summed E-state index contributed by atoms with van der Waals surface area (Å²) in [4.78, 5) is 0. The molecule has 0 aromatic rings. The zero-order valence-electron chi connectivity index (χ0n) is 6.41. The highest BCUT2D eigenvalue weighted by Crippen LogP contribution is 2.17. The van der Waals surface area contributed by atoms with E-state index in [1.807, 2.05) is 0 Å². The lowest BCUT2D eigenvalue weighted by Gasteiger charge is -2.21. The van der Waals surface area contributed by atoms with Gasteiger partial charge < -0.3 is 5.32 Å². The molecule has 0 atom stereocenters. The van der Waals surface area contributed by atoms with Crippen molar-refractivity contribution in [2.24, 2.45) is 5.92 Å². The molecule has 0 spiro atoms. The fraction of sp³-hybridized carbons (Fsp3) is 1.00. The first kappa shape index (κ1) is 7.99. The van der Waals surface area contributed by atoms with Crippen molar-refractivity contribution in [1.29, 1.82) is 0 Å². The second-order valence-corrected chi connectivity index (χ2v) is 3.02. The van der Waals surface area contributed by atoms with E-state index >= 15 is 0 Å². The van der Waals surface area contributed by atoms with Crippen molar-refractivity contribution < 1.29 is 4.39 Å². The van der Waals surface area contributed by atoms with Crippen LogP contribution in [0.3, 0.4) is 0 Å². The minimum atomic E-state index is -0.135. The van der Waals surface area contributed by atoms with E-state index in [-0.39, 0.29) is 6.67 Å². The van der Waals surface area contributed by atoms with Gasteiger partial charge in [-0.3, -0.25) is 4.39 Å². The summed E-state index contributed by atoms with van der Waals surface area (Å²) < 4.78 is 11.7. The molecule has 1 fully saturated rings. The van der Waals surface area contributed by atoms with Gasteiger partial charge in [0.15, 0.2) is 0 Å². The normalized spacial score (nSPS) is 21.3.